The molecule has 8 heteroatoms. The van der Waals surface area contributed by atoms with E-state index in [0.29, 0.717) is 17.3 Å². The molecule has 0 spiro atoms. The van der Waals surface area contributed by atoms with Crippen molar-refractivity contribution in [3.8, 4) is 11.5 Å². The summed E-state index contributed by atoms with van der Waals surface area (Å²) in [7, 11) is 4.64. The van der Waals surface area contributed by atoms with Gasteiger partial charge in [0.25, 0.3) is 0 Å². The highest BCUT2D eigenvalue weighted by molar-refractivity contribution is 7.78. The number of rotatable bonds is 8. The summed E-state index contributed by atoms with van der Waals surface area (Å²) in [6, 6.07) is 11.9. The molecular formula is C25H32N4O3S. The summed E-state index contributed by atoms with van der Waals surface area (Å²) < 4.78 is 7.86. The number of hydrazone groups is 1. The zero-order valence-corrected chi connectivity index (χ0v) is 20.4. The van der Waals surface area contributed by atoms with E-state index in [9.17, 15) is 5.11 Å². The summed E-state index contributed by atoms with van der Waals surface area (Å²) in [6.45, 7) is 3.07. The molecule has 33 heavy (non-hydrogen) atoms. The maximum atomic E-state index is 10.7. The Bertz CT molecular complexity index is 1140. The molecule has 0 bridgehead atoms. The topological polar surface area (TPSA) is 82.3 Å². The van der Waals surface area contributed by atoms with Crippen LogP contribution >= 0.6 is 12.2 Å². The normalized spacial score (nSPS) is 13.3. The van der Waals surface area contributed by atoms with Gasteiger partial charge in [-0.3, -0.25) is 5.43 Å². The number of anilines is 1. The Labute approximate surface area is 200 Å². The molecule has 0 amide bonds. The fraction of sp³-hybridized carbons (Fsp3) is 0.360. The predicted molar refractivity (Wildman–Crippen MR) is 139 cm³/mol. The van der Waals surface area contributed by atoms with Crippen LogP contribution in [0.3, 0.4) is 0 Å². The zero-order valence-electron chi connectivity index (χ0n) is 19.6. The number of aliphatic hydroxyl groups excluding tert-OH is 1. The lowest BCUT2D eigenvalue weighted by Crippen LogP contribution is -2.29. The van der Waals surface area contributed by atoms with Gasteiger partial charge in [-0.15, -0.1) is 0 Å². The first-order valence-corrected chi connectivity index (χ1v) is 11.5. The van der Waals surface area contributed by atoms with Crippen LogP contribution in [0.15, 0.2) is 47.7 Å². The summed E-state index contributed by atoms with van der Waals surface area (Å²) in [5.41, 5.74) is 8.05. The highest BCUT2D eigenvalue weighted by atomic mass is 32.1. The third kappa shape index (κ3) is 5.12. The molecule has 3 aromatic rings. The van der Waals surface area contributed by atoms with Gasteiger partial charge in [0, 0.05) is 32.3 Å². The van der Waals surface area contributed by atoms with Crippen LogP contribution in [0.1, 0.15) is 43.2 Å². The predicted octanol–water partition coefficient (Wildman–Crippen LogP) is 4.60. The minimum Gasteiger partial charge on any atom is -0.507 e. The van der Waals surface area contributed by atoms with Gasteiger partial charge in [-0.05, 0) is 61.1 Å². The Morgan fingerprint density at radius 3 is 2.67 bits per heavy atom. The molecule has 1 heterocycles. The number of benzene rings is 2. The fourth-order valence-electron chi connectivity index (χ4n) is 4.08. The molecular weight excluding hydrogens is 436 g/mol. The smallest absolute Gasteiger partial charge is 0.164 e. The molecule has 0 radical (unpaired) electrons. The summed E-state index contributed by atoms with van der Waals surface area (Å²) in [4.78, 5) is 1.98. The van der Waals surface area contributed by atoms with Crippen LogP contribution in [-0.2, 0) is 6.54 Å². The van der Waals surface area contributed by atoms with Crippen molar-refractivity contribution >= 4 is 40.1 Å². The number of phenols is 1. The molecule has 1 fully saturated rings. The minimum absolute atomic E-state index is 0.189. The molecule has 0 atom stereocenters. The summed E-state index contributed by atoms with van der Waals surface area (Å²) in [6.07, 6.45) is 5.49. The number of nitrogens with one attached hydrogen (secondary N) is 1. The molecule has 1 aliphatic carbocycles. The molecule has 0 saturated heterocycles. The van der Waals surface area contributed by atoms with Crippen LogP contribution in [0.5, 0.6) is 11.5 Å². The fourth-order valence-corrected chi connectivity index (χ4v) is 4.13. The summed E-state index contributed by atoms with van der Waals surface area (Å²) >= 11 is 4.93. The number of hydrogen-bond donors (Lipinski definition) is 3. The van der Waals surface area contributed by atoms with Crippen molar-refractivity contribution < 1.29 is 14.9 Å². The van der Waals surface area contributed by atoms with Crippen LogP contribution in [0.4, 0.5) is 5.69 Å². The van der Waals surface area contributed by atoms with E-state index in [-0.39, 0.29) is 5.75 Å². The molecule has 4 rings (SSSR count). The zero-order chi connectivity index (χ0) is 24.0. The van der Waals surface area contributed by atoms with E-state index < -0.39 is 0 Å². The van der Waals surface area contributed by atoms with Gasteiger partial charge in [-0.1, -0.05) is 25.2 Å². The quantitative estimate of drug-likeness (QED) is 0.194. The van der Waals surface area contributed by atoms with Crippen molar-refractivity contribution in [1.82, 2.24) is 9.99 Å². The van der Waals surface area contributed by atoms with Crippen molar-refractivity contribution in [2.75, 3.05) is 26.2 Å². The highest BCUT2D eigenvalue weighted by Crippen LogP contribution is 2.42. The number of thiocarbonyl (C=S) groups is 1. The van der Waals surface area contributed by atoms with Crippen LogP contribution in [0.2, 0.25) is 0 Å². The number of ether oxygens (including phenoxy) is 1. The van der Waals surface area contributed by atoms with Gasteiger partial charge in [-0.2, -0.15) is 5.10 Å². The average molecular weight is 469 g/mol. The highest BCUT2D eigenvalue weighted by Gasteiger charge is 2.26. The number of amidine groups is 1. The van der Waals surface area contributed by atoms with Crippen molar-refractivity contribution in [3.63, 3.8) is 0 Å². The Balaban J connectivity index is 0.00000149. The standard InChI is InChI=1S/C24H28N4O2S.CH4O/c1-4-12-28-13-11-18-20(8-10-22(30-3)23(18)28)27(2)24(26-25-15-31)19-14-17(16-5-6-16)7-9-21(19)29;1-2/h7-11,13-16,29H,4-6,12H2,1-3H3,(H,25,31);2H,1H3/b26-24-;. The second-order valence-corrected chi connectivity index (χ2v) is 8.09. The van der Waals surface area contributed by atoms with Crippen LogP contribution in [-0.4, -0.2) is 47.4 Å². The molecule has 1 saturated carbocycles. The number of phenolic OH excluding ortho intramolecular Hbond substituents is 1. The van der Waals surface area contributed by atoms with Gasteiger partial charge in [0.05, 0.1) is 29.4 Å². The molecule has 2 aromatic carbocycles. The van der Waals surface area contributed by atoms with Gasteiger partial charge >= 0.3 is 0 Å². The number of aryl methyl sites for hydroxylation is 1. The lowest BCUT2D eigenvalue weighted by molar-refractivity contribution is 0.399. The van der Waals surface area contributed by atoms with Gasteiger partial charge in [-0.25, -0.2) is 0 Å². The van der Waals surface area contributed by atoms with Crippen molar-refractivity contribution in [2.24, 2.45) is 5.10 Å². The maximum absolute atomic E-state index is 10.7. The second-order valence-electron chi connectivity index (χ2n) is 7.85. The molecule has 3 N–H and O–H groups in total. The van der Waals surface area contributed by atoms with E-state index in [1.165, 1.54) is 23.9 Å². The summed E-state index contributed by atoms with van der Waals surface area (Å²) in [5, 5.41) is 23.2. The van der Waals surface area contributed by atoms with Crippen molar-refractivity contribution in [1.29, 1.82) is 0 Å². The van der Waals surface area contributed by atoms with E-state index >= 15 is 0 Å². The first-order valence-electron chi connectivity index (χ1n) is 11.0. The number of methoxy groups -OCH3 is 1. The first kappa shape index (κ1) is 24.5. The van der Waals surface area contributed by atoms with E-state index in [1.807, 2.05) is 36.2 Å². The number of aliphatic hydroxyl groups is 1. The van der Waals surface area contributed by atoms with Gasteiger partial charge in [0.15, 0.2) is 5.84 Å². The molecule has 0 aliphatic heterocycles. The lowest BCUT2D eigenvalue weighted by atomic mass is 10.0. The number of aromatic nitrogens is 1. The Hall–Kier alpha value is -3.10. The number of nitrogens with zero attached hydrogens (tertiary/aromatic N) is 3. The van der Waals surface area contributed by atoms with Crippen LogP contribution in [0.25, 0.3) is 10.9 Å². The number of aromatic hydroxyl groups is 1. The summed E-state index contributed by atoms with van der Waals surface area (Å²) in [5.74, 6) is 2.19. The van der Waals surface area contributed by atoms with Crippen LogP contribution in [0, 0.1) is 0 Å². The first-order chi connectivity index (χ1) is 16.1. The second kappa shape index (κ2) is 11.2. The average Bonchev–Trinajstić information content (AvgIpc) is 3.61. The van der Waals surface area contributed by atoms with E-state index in [1.54, 1.807) is 13.2 Å². The Morgan fingerprint density at radius 2 is 2.03 bits per heavy atom. The minimum atomic E-state index is 0.189. The monoisotopic (exact) mass is 468 g/mol. The number of fused-ring (bicyclic) bond motifs is 1. The van der Waals surface area contributed by atoms with Gasteiger partial charge in [0.1, 0.15) is 11.5 Å². The van der Waals surface area contributed by atoms with E-state index in [4.69, 9.17) is 22.1 Å². The third-order valence-corrected chi connectivity index (χ3v) is 5.87. The molecule has 7 nitrogen and oxygen atoms in total. The molecule has 0 unspecified atom stereocenters. The van der Waals surface area contributed by atoms with E-state index in [2.05, 4.69) is 34.3 Å². The largest absolute Gasteiger partial charge is 0.507 e. The molecule has 1 aromatic heterocycles. The lowest BCUT2D eigenvalue weighted by Gasteiger charge is -2.24. The van der Waals surface area contributed by atoms with Crippen LogP contribution < -0.4 is 15.1 Å². The van der Waals surface area contributed by atoms with Gasteiger partial charge < -0.3 is 24.4 Å². The Kier molecular flexibility index (Phi) is 8.30. The number of hydrogen-bond acceptors (Lipinski definition) is 5. The maximum Gasteiger partial charge on any atom is 0.164 e. The van der Waals surface area contributed by atoms with Crippen molar-refractivity contribution in [2.45, 2.75) is 38.6 Å². The third-order valence-electron chi connectivity index (χ3n) is 5.76. The van der Waals surface area contributed by atoms with Crippen molar-refractivity contribution in [3.05, 3.63) is 53.7 Å². The molecule has 1 aliphatic rings. The Morgan fingerprint density at radius 1 is 1.27 bits per heavy atom. The van der Waals surface area contributed by atoms with E-state index in [0.717, 1.165) is 42.4 Å². The SMILES string of the molecule is CCCn1ccc2c(N(C)/C(=N\NC=S)c3cc(C4CC4)ccc3O)ccc(OC)c21.CO. The molecule has 176 valence electrons. The van der Waals surface area contributed by atoms with Gasteiger partial charge in [0.2, 0.25) is 0 Å².